The van der Waals surface area contributed by atoms with E-state index in [-0.39, 0.29) is 36.0 Å². The van der Waals surface area contributed by atoms with Crippen molar-refractivity contribution in [2.45, 2.75) is 31.8 Å². The number of hydrogen-bond acceptors (Lipinski definition) is 2. The molecule has 1 saturated carbocycles. The number of nitrogens with zero attached hydrogens (tertiary/aromatic N) is 1. The first kappa shape index (κ1) is 16.6. The second kappa shape index (κ2) is 7.09. The van der Waals surface area contributed by atoms with Gasteiger partial charge in [-0.15, -0.1) is 0 Å². The van der Waals surface area contributed by atoms with E-state index in [0.29, 0.717) is 17.7 Å². The maximum absolute atomic E-state index is 14.0. The van der Waals surface area contributed by atoms with E-state index in [2.05, 4.69) is 0 Å². The van der Waals surface area contributed by atoms with E-state index in [9.17, 15) is 13.6 Å². The van der Waals surface area contributed by atoms with Crippen LogP contribution in [0.25, 0.3) is 0 Å². The highest BCUT2D eigenvalue weighted by Crippen LogP contribution is 2.29. The number of anilines is 1. The molecule has 2 aromatic rings. The van der Waals surface area contributed by atoms with Gasteiger partial charge in [0.25, 0.3) is 0 Å². The van der Waals surface area contributed by atoms with Gasteiger partial charge >= 0.3 is 0 Å². The first-order valence-corrected chi connectivity index (χ1v) is 8.10. The molecule has 1 fully saturated rings. The lowest BCUT2D eigenvalue weighted by atomic mass is 10.0. The maximum Gasteiger partial charge on any atom is 0.230 e. The molecular formula is C19H20F2N2O. The van der Waals surface area contributed by atoms with Crippen LogP contribution in [0.3, 0.4) is 0 Å². The Hall–Kier alpha value is -2.27. The standard InChI is InChI=1S/C19H20F2N2O/c20-15-6-9-17(10-7-15)23(12-14-3-1-2-4-18(14)21)19(24)13-5-8-16(22)11-13/h1-4,6-7,9-10,13,16H,5,8,11-12,22H2. The minimum absolute atomic E-state index is 0.0301. The first-order valence-electron chi connectivity index (χ1n) is 8.10. The van der Waals surface area contributed by atoms with Gasteiger partial charge < -0.3 is 10.6 Å². The van der Waals surface area contributed by atoms with Crippen molar-refractivity contribution in [3.8, 4) is 0 Å². The normalized spacial score (nSPS) is 20.1. The Morgan fingerprint density at radius 1 is 1.08 bits per heavy atom. The number of nitrogens with two attached hydrogens (primary N) is 1. The van der Waals surface area contributed by atoms with Crippen molar-refractivity contribution in [2.24, 2.45) is 11.7 Å². The first-order chi connectivity index (χ1) is 11.5. The van der Waals surface area contributed by atoms with E-state index in [1.165, 1.54) is 23.1 Å². The van der Waals surface area contributed by atoms with Crippen LogP contribution in [0.1, 0.15) is 24.8 Å². The van der Waals surface area contributed by atoms with E-state index in [1.807, 2.05) is 0 Å². The van der Waals surface area contributed by atoms with Gasteiger partial charge in [-0.1, -0.05) is 18.2 Å². The molecular weight excluding hydrogens is 310 g/mol. The van der Waals surface area contributed by atoms with E-state index in [1.54, 1.807) is 30.3 Å². The van der Waals surface area contributed by atoms with Crippen LogP contribution in [0.5, 0.6) is 0 Å². The molecule has 0 radical (unpaired) electrons. The Balaban J connectivity index is 1.90. The lowest BCUT2D eigenvalue weighted by Crippen LogP contribution is -2.35. The second-order valence-electron chi connectivity index (χ2n) is 6.26. The summed E-state index contributed by atoms with van der Waals surface area (Å²) in [5.74, 6) is -0.991. The van der Waals surface area contributed by atoms with Gasteiger partial charge in [-0.3, -0.25) is 4.79 Å². The average Bonchev–Trinajstić information content (AvgIpc) is 3.01. The Morgan fingerprint density at radius 2 is 1.79 bits per heavy atom. The van der Waals surface area contributed by atoms with Gasteiger partial charge in [0.2, 0.25) is 5.91 Å². The number of halogens is 2. The minimum Gasteiger partial charge on any atom is -0.328 e. The molecule has 1 aliphatic rings. The molecule has 0 bridgehead atoms. The number of carbonyl (C=O) groups is 1. The Labute approximate surface area is 140 Å². The number of benzene rings is 2. The second-order valence-corrected chi connectivity index (χ2v) is 6.26. The van der Waals surface area contributed by atoms with Crippen LogP contribution in [0.15, 0.2) is 48.5 Å². The van der Waals surface area contributed by atoms with Crippen molar-refractivity contribution >= 4 is 11.6 Å². The number of rotatable bonds is 4. The van der Waals surface area contributed by atoms with Gasteiger partial charge in [-0.2, -0.15) is 0 Å². The summed E-state index contributed by atoms with van der Waals surface area (Å²) in [7, 11) is 0. The zero-order valence-electron chi connectivity index (χ0n) is 13.3. The van der Waals surface area contributed by atoms with Gasteiger partial charge in [0.1, 0.15) is 11.6 Å². The highest BCUT2D eigenvalue weighted by Gasteiger charge is 2.32. The van der Waals surface area contributed by atoms with E-state index in [4.69, 9.17) is 5.73 Å². The summed E-state index contributed by atoms with van der Waals surface area (Å²) in [6, 6.07) is 12.1. The van der Waals surface area contributed by atoms with Gasteiger partial charge in [0, 0.05) is 23.2 Å². The molecule has 0 aromatic heterocycles. The van der Waals surface area contributed by atoms with Crippen molar-refractivity contribution in [2.75, 3.05) is 4.90 Å². The molecule has 0 aliphatic heterocycles. The lowest BCUT2D eigenvalue weighted by molar-refractivity contribution is -0.122. The predicted octanol–water partition coefficient (Wildman–Crippen LogP) is 3.63. The number of hydrogen-bond donors (Lipinski definition) is 1. The van der Waals surface area contributed by atoms with Crippen molar-refractivity contribution < 1.29 is 13.6 Å². The molecule has 0 spiro atoms. The van der Waals surface area contributed by atoms with Crippen LogP contribution in [0, 0.1) is 17.6 Å². The average molecular weight is 330 g/mol. The van der Waals surface area contributed by atoms with Crippen LogP contribution in [-0.4, -0.2) is 11.9 Å². The fraction of sp³-hybridized carbons (Fsp3) is 0.316. The SMILES string of the molecule is NC1CCC(C(=O)N(Cc2ccccc2F)c2ccc(F)cc2)C1. The van der Waals surface area contributed by atoms with Crippen molar-refractivity contribution in [3.05, 3.63) is 65.7 Å². The summed E-state index contributed by atoms with van der Waals surface area (Å²) in [6.07, 6.45) is 2.18. The monoisotopic (exact) mass is 330 g/mol. The zero-order chi connectivity index (χ0) is 17.1. The highest BCUT2D eigenvalue weighted by molar-refractivity contribution is 5.95. The van der Waals surface area contributed by atoms with Crippen LogP contribution >= 0.6 is 0 Å². The molecule has 2 unspecified atom stereocenters. The molecule has 1 aliphatic carbocycles. The third kappa shape index (κ3) is 3.62. The molecule has 24 heavy (non-hydrogen) atoms. The Bertz CT molecular complexity index is 718. The smallest absolute Gasteiger partial charge is 0.230 e. The summed E-state index contributed by atoms with van der Waals surface area (Å²) in [5, 5.41) is 0. The summed E-state index contributed by atoms with van der Waals surface area (Å²) in [6.45, 7) is 0.114. The van der Waals surface area contributed by atoms with Crippen LogP contribution < -0.4 is 10.6 Å². The van der Waals surface area contributed by atoms with Gasteiger partial charge in [0.15, 0.2) is 0 Å². The summed E-state index contributed by atoms with van der Waals surface area (Å²) in [4.78, 5) is 14.5. The van der Waals surface area contributed by atoms with E-state index < -0.39 is 0 Å². The third-order valence-electron chi connectivity index (χ3n) is 4.51. The molecule has 0 saturated heterocycles. The number of carbonyl (C=O) groups excluding carboxylic acids is 1. The van der Waals surface area contributed by atoms with Crippen molar-refractivity contribution in [3.63, 3.8) is 0 Å². The molecule has 3 rings (SSSR count). The number of amides is 1. The van der Waals surface area contributed by atoms with Crippen molar-refractivity contribution in [1.29, 1.82) is 0 Å². The molecule has 0 heterocycles. The van der Waals surface area contributed by atoms with Gasteiger partial charge in [-0.05, 0) is 49.6 Å². The molecule has 5 heteroatoms. The topological polar surface area (TPSA) is 46.3 Å². The fourth-order valence-corrected chi connectivity index (χ4v) is 3.18. The summed E-state index contributed by atoms with van der Waals surface area (Å²) < 4.78 is 27.2. The summed E-state index contributed by atoms with van der Waals surface area (Å²) in [5.41, 5.74) is 6.91. The van der Waals surface area contributed by atoms with Gasteiger partial charge in [0.05, 0.1) is 6.54 Å². The molecule has 3 nitrogen and oxygen atoms in total. The van der Waals surface area contributed by atoms with Crippen molar-refractivity contribution in [1.82, 2.24) is 0 Å². The Morgan fingerprint density at radius 3 is 2.42 bits per heavy atom. The predicted molar refractivity (Wildman–Crippen MR) is 89.3 cm³/mol. The van der Waals surface area contributed by atoms with E-state index >= 15 is 0 Å². The van der Waals surface area contributed by atoms with E-state index in [0.717, 1.165) is 12.8 Å². The quantitative estimate of drug-likeness (QED) is 0.930. The maximum atomic E-state index is 14.0. The van der Waals surface area contributed by atoms with Crippen LogP contribution in [0.2, 0.25) is 0 Å². The lowest BCUT2D eigenvalue weighted by Gasteiger charge is -2.26. The minimum atomic E-state index is -0.375. The molecule has 2 N–H and O–H groups in total. The molecule has 1 amide bonds. The molecule has 2 aromatic carbocycles. The van der Waals surface area contributed by atoms with Crippen LogP contribution in [0.4, 0.5) is 14.5 Å². The summed E-state index contributed by atoms with van der Waals surface area (Å²) >= 11 is 0. The largest absolute Gasteiger partial charge is 0.328 e. The fourth-order valence-electron chi connectivity index (χ4n) is 3.18. The highest BCUT2D eigenvalue weighted by atomic mass is 19.1. The third-order valence-corrected chi connectivity index (χ3v) is 4.51. The van der Waals surface area contributed by atoms with Crippen LogP contribution in [-0.2, 0) is 11.3 Å². The molecule has 2 atom stereocenters. The Kier molecular flexibility index (Phi) is 4.90. The van der Waals surface area contributed by atoms with Gasteiger partial charge in [-0.25, -0.2) is 8.78 Å². The molecule has 126 valence electrons. The zero-order valence-corrected chi connectivity index (χ0v) is 13.3.